The maximum atomic E-state index is 2.73. The van der Waals surface area contributed by atoms with Crippen molar-refractivity contribution in [3.63, 3.8) is 0 Å². The van der Waals surface area contributed by atoms with Gasteiger partial charge in [-0.15, -0.1) is 0 Å². The molecule has 2 fully saturated rings. The minimum atomic E-state index is 0.797. The Balaban J connectivity index is 2.00. The van der Waals surface area contributed by atoms with Crippen molar-refractivity contribution in [1.82, 2.24) is 9.80 Å². The fraction of sp³-hybridized carbons (Fsp3) is 1.00. The normalized spacial score (nSPS) is 36.4. The topological polar surface area (TPSA) is 6.48 Å². The van der Waals surface area contributed by atoms with E-state index in [1.165, 1.54) is 51.9 Å². The zero-order valence-electron chi connectivity index (χ0n) is 9.71. The van der Waals surface area contributed by atoms with Crippen LogP contribution in [0.5, 0.6) is 0 Å². The highest BCUT2D eigenvalue weighted by atomic mass is 15.3. The van der Waals surface area contributed by atoms with Gasteiger partial charge < -0.3 is 0 Å². The van der Waals surface area contributed by atoms with Gasteiger partial charge >= 0.3 is 0 Å². The first kappa shape index (κ1) is 10.4. The number of rotatable bonds is 1. The molecule has 0 aliphatic carbocycles. The van der Waals surface area contributed by atoms with Gasteiger partial charge in [-0.2, -0.15) is 0 Å². The second-order valence-electron chi connectivity index (χ2n) is 4.91. The van der Waals surface area contributed by atoms with E-state index in [2.05, 4.69) is 23.6 Å². The van der Waals surface area contributed by atoms with E-state index in [9.17, 15) is 0 Å². The van der Waals surface area contributed by atoms with E-state index in [4.69, 9.17) is 0 Å². The molecule has 0 aromatic rings. The van der Waals surface area contributed by atoms with E-state index in [-0.39, 0.29) is 0 Å². The molecule has 0 saturated carbocycles. The molecule has 2 rings (SSSR count). The Morgan fingerprint density at radius 1 is 1.14 bits per heavy atom. The smallest absolute Gasteiger partial charge is 0.0223 e. The number of hydrogen-bond donors (Lipinski definition) is 0. The lowest BCUT2D eigenvalue weighted by molar-refractivity contribution is 0.133. The van der Waals surface area contributed by atoms with Crippen LogP contribution in [0.2, 0.25) is 0 Å². The lowest BCUT2D eigenvalue weighted by Crippen LogP contribution is -2.44. The van der Waals surface area contributed by atoms with Crippen LogP contribution >= 0.6 is 0 Å². The van der Waals surface area contributed by atoms with Gasteiger partial charge in [-0.05, 0) is 45.8 Å². The molecule has 0 aromatic heterocycles. The first-order valence-electron chi connectivity index (χ1n) is 6.29. The summed E-state index contributed by atoms with van der Waals surface area (Å²) in [6.45, 7) is 9.93. The summed E-state index contributed by atoms with van der Waals surface area (Å²) in [7, 11) is 0. The van der Waals surface area contributed by atoms with Crippen LogP contribution in [0.1, 0.15) is 39.5 Å². The number of piperidine rings is 1. The molecule has 2 nitrogen and oxygen atoms in total. The molecule has 0 spiro atoms. The molecule has 2 atom stereocenters. The number of nitrogens with zero attached hydrogens (tertiary/aromatic N) is 2. The van der Waals surface area contributed by atoms with Crippen molar-refractivity contribution in [3.8, 4) is 0 Å². The van der Waals surface area contributed by atoms with Crippen molar-refractivity contribution in [3.05, 3.63) is 0 Å². The molecule has 0 amide bonds. The summed E-state index contributed by atoms with van der Waals surface area (Å²) >= 11 is 0. The van der Waals surface area contributed by atoms with E-state index < -0.39 is 0 Å². The molecular weight excluding hydrogens is 172 g/mol. The molecule has 0 aromatic carbocycles. The van der Waals surface area contributed by atoms with E-state index in [0.717, 1.165) is 12.1 Å². The molecule has 2 heterocycles. The molecule has 2 aliphatic rings. The zero-order chi connectivity index (χ0) is 9.97. The van der Waals surface area contributed by atoms with Crippen LogP contribution < -0.4 is 0 Å². The summed E-state index contributed by atoms with van der Waals surface area (Å²) in [5, 5.41) is 0. The first-order chi connectivity index (χ1) is 6.81. The summed E-state index contributed by atoms with van der Waals surface area (Å²) < 4.78 is 0. The summed E-state index contributed by atoms with van der Waals surface area (Å²) in [5.41, 5.74) is 0. The van der Waals surface area contributed by atoms with Crippen molar-refractivity contribution in [2.45, 2.75) is 51.6 Å². The van der Waals surface area contributed by atoms with Crippen LogP contribution in [0.25, 0.3) is 0 Å². The Labute approximate surface area is 88.3 Å². The van der Waals surface area contributed by atoms with Crippen molar-refractivity contribution in [1.29, 1.82) is 0 Å². The minimum absolute atomic E-state index is 0.797. The molecule has 2 unspecified atom stereocenters. The number of likely N-dealkylation sites (N-methyl/N-ethyl adjacent to an activating group) is 1. The van der Waals surface area contributed by atoms with Gasteiger partial charge in [-0.3, -0.25) is 9.80 Å². The van der Waals surface area contributed by atoms with Crippen LogP contribution in [-0.4, -0.2) is 48.1 Å². The van der Waals surface area contributed by atoms with Crippen molar-refractivity contribution < 1.29 is 0 Å². The zero-order valence-corrected chi connectivity index (χ0v) is 9.71. The Morgan fingerprint density at radius 3 is 2.79 bits per heavy atom. The van der Waals surface area contributed by atoms with Crippen molar-refractivity contribution in [2.75, 3.05) is 26.2 Å². The lowest BCUT2D eigenvalue weighted by atomic mass is 10.0. The Bertz CT molecular complexity index is 181. The van der Waals surface area contributed by atoms with Crippen LogP contribution in [-0.2, 0) is 0 Å². The van der Waals surface area contributed by atoms with Gasteiger partial charge in [0.25, 0.3) is 0 Å². The molecule has 2 heteroatoms. The predicted molar refractivity (Wildman–Crippen MR) is 60.5 cm³/mol. The predicted octanol–water partition coefficient (Wildman–Crippen LogP) is 1.96. The second kappa shape index (κ2) is 4.63. The van der Waals surface area contributed by atoms with E-state index in [1.807, 2.05) is 0 Å². The Kier molecular flexibility index (Phi) is 3.45. The Hall–Kier alpha value is -0.0800. The fourth-order valence-electron chi connectivity index (χ4n) is 2.99. The van der Waals surface area contributed by atoms with Crippen LogP contribution in [0.3, 0.4) is 0 Å². The summed E-state index contributed by atoms with van der Waals surface area (Å²) in [5.74, 6) is 0. The van der Waals surface area contributed by atoms with Gasteiger partial charge in [0, 0.05) is 18.6 Å². The van der Waals surface area contributed by atoms with Crippen LogP contribution in [0.4, 0.5) is 0 Å². The summed E-state index contributed by atoms with van der Waals surface area (Å²) in [6.07, 6.45) is 5.68. The SMILES string of the molecule is CCN1CC2CCCCN2CCC1C. The Morgan fingerprint density at radius 2 is 2.00 bits per heavy atom. The largest absolute Gasteiger partial charge is 0.299 e. The third-order valence-corrected chi connectivity index (χ3v) is 4.06. The van der Waals surface area contributed by atoms with E-state index in [1.54, 1.807) is 0 Å². The van der Waals surface area contributed by atoms with Crippen molar-refractivity contribution >= 4 is 0 Å². The van der Waals surface area contributed by atoms with E-state index >= 15 is 0 Å². The third kappa shape index (κ3) is 2.12. The van der Waals surface area contributed by atoms with Crippen LogP contribution in [0.15, 0.2) is 0 Å². The average molecular weight is 196 g/mol. The van der Waals surface area contributed by atoms with Gasteiger partial charge in [0.1, 0.15) is 0 Å². The van der Waals surface area contributed by atoms with E-state index in [0.29, 0.717) is 0 Å². The third-order valence-electron chi connectivity index (χ3n) is 4.06. The minimum Gasteiger partial charge on any atom is -0.299 e. The van der Waals surface area contributed by atoms with Gasteiger partial charge in [-0.25, -0.2) is 0 Å². The highest BCUT2D eigenvalue weighted by molar-refractivity contribution is 4.85. The van der Waals surface area contributed by atoms with Gasteiger partial charge in [0.15, 0.2) is 0 Å². The number of fused-ring (bicyclic) bond motifs is 1. The monoisotopic (exact) mass is 196 g/mol. The first-order valence-corrected chi connectivity index (χ1v) is 6.29. The molecule has 82 valence electrons. The molecule has 0 bridgehead atoms. The molecular formula is C12H24N2. The lowest BCUT2D eigenvalue weighted by Gasteiger charge is -2.35. The second-order valence-corrected chi connectivity index (χ2v) is 4.91. The molecule has 0 N–H and O–H groups in total. The highest BCUT2D eigenvalue weighted by Crippen LogP contribution is 2.22. The highest BCUT2D eigenvalue weighted by Gasteiger charge is 2.28. The maximum absolute atomic E-state index is 2.73. The van der Waals surface area contributed by atoms with Crippen molar-refractivity contribution in [2.24, 2.45) is 0 Å². The summed E-state index contributed by atoms with van der Waals surface area (Å²) in [4.78, 5) is 5.39. The van der Waals surface area contributed by atoms with Gasteiger partial charge in [0.2, 0.25) is 0 Å². The van der Waals surface area contributed by atoms with Crippen LogP contribution in [0, 0.1) is 0 Å². The molecule has 2 aliphatic heterocycles. The van der Waals surface area contributed by atoms with Gasteiger partial charge in [0.05, 0.1) is 0 Å². The standard InChI is InChI=1S/C12H24N2/c1-3-13-10-12-6-4-5-8-14(12)9-7-11(13)2/h11-12H,3-10H2,1-2H3. The molecule has 0 radical (unpaired) electrons. The molecule has 2 saturated heterocycles. The van der Waals surface area contributed by atoms with Gasteiger partial charge in [-0.1, -0.05) is 13.3 Å². The molecule has 14 heavy (non-hydrogen) atoms. The quantitative estimate of drug-likeness (QED) is 0.632. The average Bonchev–Trinajstić information content (AvgIpc) is 2.38. The maximum Gasteiger partial charge on any atom is 0.0223 e. The number of hydrogen-bond acceptors (Lipinski definition) is 2. The fourth-order valence-corrected chi connectivity index (χ4v) is 2.99. The summed E-state index contributed by atoms with van der Waals surface area (Å²) in [6, 6.07) is 1.67.